The Balaban J connectivity index is 1.01. The number of hydrogen-bond donors (Lipinski definition) is 4. The van der Waals surface area contributed by atoms with Crippen LogP contribution in [0.15, 0.2) is 65.3 Å². The Kier molecular flexibility index (Phi) is 13.0. The molecule has 2 aromatic carbocycles. The van der Waals surface area contributed by atoms with E-state index >= 15 is 0 Å². The molecule has 6 rings (SSSR count). The van der Waals surface area contributed by atoms with Crippen molar-refractivity contribution in [1.82, 2.24) is 30.4 Å². The van der Waals surface area contributed by atoms with Crippen LogP contribution < -0.4 is 10.6 Å². The quantitative estimate of drug-likeness (QED) is 0.174. The number of carbonyl (C=O) groups is 4. The van der Waals surface area contributed by atoms with Gasteiger partial charge < -0.3 is 35.3 Å². The lowest BCUT2D eigenvalue weighted by atomic mass is 9.99. The normalized spacial score (nSPS) is 19.5. The van der Waals surface area contributed by atoms with Gasteiger partial charge in [-0.3, -0.25) is 19.4 Å². The number of benzene rings is 2. The summed E-state index contributed by atoms with van der Waals surface area (Å²) in [4.78, 5) is 67.6. The van der Waals surface area contributed by atoms with Gasteiger partial charge in [0.25, 0.3) is 0 Å². The summed E-state index contributed by atoms with van der Waals surface area (Å²) in [5.41, 5.74) is 7.37. The second-order valence-corrected chi connectivity index (χ2v) is 15.7. The molecule has 0 spiro atoms. The number of aliphatic hydroxyl groups excluding tert-OH is 1. The summed E-state index contributed by atoms with van der Waals surface area (Å²) in [6, 6.07) is 13.2. The average molecular weight is 766 g/mol. The zero-order valence-electron chi connectivity index (χ0n) is 33.1. The van der Waals surface area contributed by atoms with Crippen molar-refractivity contribution in [2.75, 3.05) is 26.8 Å². The molecule has 4 amide bonds. The number of H-pyrrole nitrogens is 1. The number of aromatic amines is 1. The molecule has 4 heterocycles. The summed E-state index contributed by atoms with van der Waals surface area (Å²) < 4.78 is 4.76. The lowest BCUT2D eigenvalue weighted by Gasteiger charge is -2.31. The minimum atomic E-state index is -0.683. The van der Waals surface area contributed by atoms with Crippen LogP contribution in [0.4, 0.5) is 4.79 Å². The third-order valence-electron chi connectivity index (χ3n) is 11.1. The van der Waals surface area contributed by atoms with Crippen LogP contribution in [-0.2, 0) is 32.0 Å². The summed E-state index contributed by atoms with van der Waals surface area (Å²) in [7, 11) is 1.30. The Morgan fingerprint density at radius 3 is 2.16 bits per heavy atom. The fraction of sp³-hybridized carbons (Fsp3) is 0.488. The number of ether oxygens (including phenoxy) is 1. The number of aliphatic hydroxyl groups is 1. The van der Waals surface area contributed by atoms with Gasteiger partial charge in [0.1, 0.15) is 24.5 Å². The van der Waals surface area contributed by atoms with E-state index in [4.69, 9.17) is 14.7 Å². The van der Waals surface area contributed by atoms with Crippen LogP contribution in [0.1, 0.15) is 88.4 Å². The van der Waals surface area contributed by atoms with Crippen LogP contribution in [0.3, 0.4) is 0 Å². The van der Waals surface area contributed by atoms with Crippen molar-refractivity contribution in [3.05, 3.63) is 82.8 Å². The number of aromatic nitrogens is 2. The van der Waals surface area contributed by atoms with Crippen molar-refractivity contribution in [2.24, 2.45) is 16.8 Å². The van der Waals surface area contributed by atoms with E-state index in [1.165, 1.54) is 18.2 Å². The molecule has 2 saturated heterocycles. The standard InChI is InChI=1S/C43H55N7O6/c1-26(2)38(47-37(52)25-51)41(53)49-20-6-8-35(49)34-23-31(24-44-34)17-15-29-12-10-28(11-13-29)14-16-30-18-19-32-33(22-30)46-40(45-32)36-9-7-21-50(36)42(54)39(27(3)4)48-43(55)56-5/h10-13,15,17-19,22,24,26-27,35-36,38-39,51H,6-9,14,16,20-21,23,25H2,1-5H3,(H,45,46)(H,47,52)(H,48,55)/b17-15+. The number of amides is 4. The highest BCUT2D eigenvalue weighted by atomic mass is 16.5. The zero-order valence-corrected chi connectivity index (χ0v) is 33.1. The van der Waals surface area contributed by atoms with Crippen LogP contribution in [-0.4, -0.2) is 99.3 Å². The van der Waals surface area contributed by atoms with Gasteiger partial charge in [0, 0.05) is 31.4 Å². The number of likely N-dealkylation sites (tertiary alicyclic amines) is 2. The molecule has 2 fully saturated rings. The Labute approximate surface area is 328 Å². The predicted molar refractivity (Wildman–Crippen MR) is 216 cm³/mol. The van der Waals surface area contributed by atoms with Gasteiger partial charge in [0.15, 0.2) is 0 Å². The smallest absolute Gasteiger partial charge is 0.407 e. The number of allylic oxidation sites excluding steroid dienone is 2. The van der Waals surface area contributed by atoms with Gasteiger partial charge >= 0.3 is 6.09 Å². The highest BCUT2D eigenvalue weighted by Gasteiger charge is 2.39. The Bertz CT molecular complexity index is 2000. The number of fused-ring (bicyclic) bond motifs is 1. The van der Waals surface area contributed by atoms with Gasteiger partial charge in [-0.05, 0) is 84.8 Å². The highest BCUT2D eigenvalue weighted by molar-refractivity contribution is 5.99. The number of aryl methyl sites for hydroxylation is 2. The molecule has 1 aromatic heterocycles. The molecule has 0 saturated carbocycles. The van der Waals surface area contributed by atoms with Gasteiger partial charge in [-0.25, -0.2) is 9.78 Å². The van der Waals surface area contributed by atoms with Crippen LogP contribution in [0.25, 0.3) is 17.1 Å². The molecule has 0 radical (unpaired) electrons. The molecular formula is C43H55N7O6. The minimum absolute atomic E-state index is 0.0943. The topological polar surface area (TPSA) is 169 Å². The van der Waals surface area contributed by atoms with Crippen LogP contribution >= 0.6 is 0 Å². The summed E-state index contributed by atoms with van der Waals surface area (Å²) >= 11 is 0. The maximum atomic E-state index is 13.6. The monoisotopic (exact) mass is 765 g/mol. The molecule has 56 heavy (non-hydrogen) atoms. The summed E-state index contributed by atoms with van der Waals surface area (Å²) in [6.45, 7) is 8.19. The number of imidazole rings is 1. The number of alkyl carbamates (subject to hydrolysis) is 1. The number of nitrogens with zero attached hydrogens (tertiary/aromatic N) is 4. The van der Waals surface area contributed by atoms with Crippen LogP contribution in [0, 0.1) is 11.8 Å². The molecule has 13 heteroatoms. The van der Waals surface area contributed by atoms with Crippen molar-refractivity contribution in [3.63, 3.8) is 0 Å². The second-order valence-electron chi connectivity index (χ2n) is 15.7. The van der Waals surface area contributed by atoms with Gasteiger partial charge in [0.2, 0.25) is 17.7 Å². The van der Waals surface area contributed by atoms with Gasteiger partial charge in [-0.1, -0.05) is 70.2 Å². The van der Waals surface area contributed by atoms with E-state index in [2.05, 4.69) is 64.2 Å². The fourth-order valence-corrected chi connectivity index (χ4v) is 7.93. The third kappa shape index (κ3) is 9.38. The fourth-order valence-electron chi connectivity index (χ4n) is 7.93. The van der Waals surface area contributed by atoms with E-state index in [9.17, 15) is 24.3 Å². The van der Waals surface area contributed by atoms with Crippen molar-refractivity contribution < 1.29 is 29.0 Å². The highest BCUT2D eigenvalue weighted by Crippen LogP contribution is 2.33. The molecule has 3 aliphatic rings. The van der Waals surface area contributed by atoms with Crippen molar-refractivity contribution in [2.45, 2.75) is 96.8 Å². The molecule has 4 N–H and O–H groups in total. The van der Waals surface area contributed by atoms with E-state index in [1.54, 1.807) is 0 Å². The molecule has 0 bridgehead atoms. The van der Waals surface area contributed by atoms with E-state index in [1.807, 2.05) is 49.8 Å². The molecule has 4 unspecified atom stereocenters. The lowest BCUT2D eigenvalue weighted by molar-refractivity contribution is -0.138. The maximum Gasteiger partial charge on any atom is 0.407 e. The summed E-state index contributed by atoms with van der Waals surface area (Å²) in [6.07, 6.45) is 11.2. The first-order valence-electron chi connectivity index (χ1n) is 19.8. The molecule has 298 valence electrons. The molecule has 13 nitrogen and oxygen atoms in total. The third-order valence-corrected chi connectivity index (χ3v) is 11.1. The molecular weight excluding hydrogens is 711 g/mol. The Morgan fingerprint density at radius 2 is 1.50 bits per heavy atom. The van der Waals surface area contributed by atoms with Gasteiger partial charge in [-0.2, -0.15) is 0 Å². The predicted octanol–water partition coefficient (Wildman–Crippen LogP) is 5.26. The average Bonchev–Trinajstić information content (AvgIpc) is 4.03. The van der Waals surface area contributed by atoms with Gasteiger partial charge in [0.05, 0.1) is 30.2 Å². The van der Waals surface area contributed by atoms with E-state index in [0.29, 0.717) is 19.5 Å². The molecule has 3 aliphatic heterocycles. The Morgan fingerprint density at radius 1 is 0.875 bits per heavy atom. The van der Waals surface area contributed by atoms with Gasteiger partial charge in [-0.15, -0.1) is 0 Å². The summed E-state index contributed by atoms with van der Waals surface area (Å²) in [5, 5.41) is 14.6. The number of rotatable bonds is 14. The molecule has 0 aliphatic carbocycles. The number of nitrogens with one attached hydrogen (secondary N) is 3. The Hall–Kier alpha value is -5.30. The lowest BCUT2D eigenvalue weighted by Crippen LogP contribution is -2.54. The largest absolute Gasteiger partial charge is 0.453 e. The SMILES string of the molecule is COC(=O)NC(C(=O)N1CCCC1c1nc2ccc(CCc3ccc(/C=C/C4=CN=C(C5CCCN5C(=O)C(NC(=O)CO)C(C)C)C4)cc3)cc2[nH]1)C(C)C. The number of carbonyl (C=O) groups excluding carboxylic acids is 4. The summed E-state index contributed by atoms with van der Waals surface area (Å²) in [5.74, 6) is -0.233. The van der Waals surface area contributed by atoms with Crippen LogP contribution in [0.2, 0.25) is 0 Å². The number of hydrogen-bond acceptors (Lipinski definition) is 8. The van der Waals surface area contributed by atoms with E-state index in [0.717, 1.165) is 72.2 Å². The maximum absolute atomic E-state index is 13.6. The minimum Gasteiger partial charge on any atom is -0.453 e. The van der Waals surface area contributed by atoms with Crippen molar-refractivity contribution in [1.29, 1.82) is 0 Å². The first-order valence-corrected chi connectivity index (χ1v) is 19.8. The number of methoxy groups -OCH3 is 1. The molecule has 3 aromatic rings. The first-order chi connectivity index (χ1) is 26.9. The molecule has 4 atom stereocenters. The number of aliphatic imine (C=N–C) groups is 1. The van der Waals surface area contributed by atoms with Crippen molar-refractivity contribution >= 4 is 46.6 Å². The zero-order chi connectivity index (χ0) is 39.9. The van der Waals surface area contributed by atoms with Crippen LogP contribution in [0.5, 0.6) is 0 Å². The second kappa shape index (κ2) is 18.1. The van der Waals surface area contributed by atoms with E-state index < -0.39 is 30.7 Å². The van der Waals surface area contributed by atoms with Crippen molar-refractivity contribution in [3.8, 4) is 0 Å². The van der Waals surface area contributed by atoms with E-state index in [-0.39, 0.29) is 35.7 Å². The first kappa shape index (κ1) is 40.4.